The van der Waals surface area contributed by atoms with Gasteiger partial charge in [0.1, 0.15) is 5.75 Å². The molecule has 0 spiro atoms. The number of benzene rings is 1. The summed E-state index contributed by atoms with van der Waals surface area (Å²) in [5, 5.41) is 2.48. The quantitative estimate of drug-likeness (QED) is 0.876. The van der Waals surface area contributed by atoms with Crippen LogP contribution in [0.3, 0.4) is 0 Å². The van der Waals surface area contributed by atoms with Gasteiger partial charge in [-0.3, -0.25) is 4.79 Å². The number of ether oxygens (including phenoxy) is 1. The van der Waals surface area contributed by atoms with Crippen LogP contribution in [0.4, 0.5) is 0 Å². The van der Waals surface area contributed by atoms with Crippen molar-refractivity contribution in [2.24, 2.45) is 0 Å². The third-order valence-electron chi connectivity index (χ3n) is 1.47. The molecule has 0 aliphatic rings. The molecule has 0 aliphatic carbocycles. The Balaban J connectivity index is 2.54. The fourth-order valence-corrected chi connectivity index (χ4v) is 1.18. The Labute approximate surface area is 85.2 Å². The van der Waals surface area contributed by atoms with Crippen molar-refractivity contribution in [2.45, 2.75) is 0 Å². The molecule has 4 heteroatoms. The summed E-state index contributed by atoms with van der Waals surface area (Å²) in [7, 11) is 1.58. The van der Waals surface area contributed by atoms with Gasteiger partial charge in [0.05, 0.1) is 4.47 Å². The number of amides is 1. The number of hydrogen-bond donors (Lipinski definition) is 1. The number of hydrogen-bond acceptors (Lipinski definition) is 2. The van der Waals surface area contributed by atoms with E-state index in [2.05, 4.69) is 21.2 Å². The minimum absolute atomic E-state index is 0.0408. The highest BCUT2D eigenvalue weighted by molar-refractivity contribution is 9.10. The molecule has 0 aromatic heterocycles. The van der Waals surface area contributed by atoms with Crippen LogP contribution in [0.5, 0.6) is 5.75 Å². The third kappa shape index (κ3) is 3.06. The Morgan fingerprint density at radius 2 is 2.23 bits per heavy atom. The number of carbonyl (C=O) groups is 1. The van der Waals surface area contributed by atoms with Crippen molar-refractivity contribution >= 4 is 21.8 Å². The number of para-hydroxylation sites is 1. The lowest BCUT2D eigenvalue weighted by Crippen LogP contribution is -2.24. The number of likely N-dealkylation sites (N-methyl/N-ethyl adjacent to an activating group) is 1. The van der Waals surface area contributed by atoms with Gasteiger partial charge in [-0.2, -0.15) is 0 Å². The first-order chi connectivity index (χ1) is 6.24. The van der Waals surface area contributed by atoms with E-state index in [1.165, 1.54) is 0 Å². The van der Waals surface area contributed by atoms with Crippen molar-refractivity contribution in [2.75, 3.05) is 13.7 Å². The van der Waals surface area contributed by atoms with Gasteiger partial charge in [0, 0.05) is 7.05 Å². The van der Waals surface area contributed by atoms with E-state index in [1.54, 1.807) is 13.1 Å². The summed E-state index contributed by atoms with van der Waals surface area (Å²) in [5.74, 6) is 0.529. The van der Waals surface area contributed by atoms with E-state index in [0.717, 1.165) is 4.47 Å². The highest BCUT2D eigenvalue weighted by Gasteiger charge is 2.01. The zero-order valence-corrected chi connectivity index (χ0v) is 8.80. The second-order valence-electron chi connectivity index (χ2n) is 2.39. The molecule has 0 saturated heterocycles. The van der Waals surface area contributed by atoms with Crippen LogP contribution < -0.4 is 10.1 Å². The Morgan fingerprint density at radius 3 is 2.85 bits per heavy atom. The molecule has 13 heavy (non-hydrogen) atoms. The fraction of sp³-hybridized carbons (Fsp3) is 0.222. The zero-order valence-electron chi connectivity index (χ0n) is 7.21. The predicted octanol–water partition coefficient (Wildman–Crippen LogP) is 1.57. The molecule has 0 bridgehead atoms. The van der Waals surface area contributed by atoms with Gasteiger partial charge in [-0.05, 0) is 28.1 Å². The van der Waals surface area contributed by atoms with E-state index in [-0.39, 0.29) is 12.5 Å². The van der Waals surface area contributed by atoms with Crippen LogP contribution >= 0.6 is 15.9 Å². The van der Waals surface area contributed by atoms with Gasteiger partial charge >= 0.3 is 0 Å². The van der Waals surface area contributed by atoms with Crippen LogP contribution in [0.2, 0.25) is 0 Å². The third-order valence-corrected chi connectivity index (χ3v) is 2.13. The normalized spacial score (nSPS) is 9.38. The summed E-state index contributed by atoms with van der Waals surface area (Å²) in [6.45, 7) is 0.0408. The van der Waals surface area contributed by atoms with Gasteiger partial charge in [0.2, 0.25) is 0 Å². The molecule has 0 heterocycles. The Bertz CT molecular complexity index is 301. The lowest BCUT2D eigenvalue weighted by Gasteiger charge is -2.06. The van der Waals surface area contributed by atoms with Crippen molar-refractivity contribution in [1.29, 1.82) is 0 Å². The smallest absolute Gasteiger partial charge is 0.257 e. The van der Waals surface area contributed by atoms with Crippen LogP contribution in [0, 0.1) is 0 Å². The molecule has 1 aromatic rings. The summed E-state index contributed by atoms with van der Waals surface area (Å²) >= 11 is 3.31. The predicted molar refractivity (Wildman–Crippen MR) is 53.7 cm³/mol. The lowest BCUT2D eigenvalue weighted by molar-refractivity contribution is -0.122. The van der Waals surface area contributed by atoms with Crippen molar-refractivity contribution < 1.29 is 9.53 Å². The first-order valence-corrected chi connectivity index (χ1v) is 4.61. The van der Waals surface area contributed by atoms with Gasteiger partial charge in [0.15, 0.2) is 6.61 Å². The topological polar surface area (TPSA) is 38.3 Å². The van der Waals surface area contributed by atoms with E-state index in [0.29, 0.717) is 5.75 Å². The first-order valence-electron chi connectivity index (χ1n) is 3.82. The molecule has 0 radical (unpaired) electrons. The highest BCUT2D eigenvalue weighted by atomic mass is 79.9. The molecule has 0 atom stereocenters. The molecule has 70 valence electrons. The molecular weight excluding hydrogens is 234 g/mol. The molecule has 0 unspecified atom stereocenters. The molecule has 1 aromatic carbocycles. The van der Waals surface area contributed by atoms with Gasteiger partial charge in [-0.25, -0.2) is 0 Å². The molecule has 1 N–H and O–H groups in total. The van der Waals surface area contributed by atoms with Crippen LogP contribution in [0.15, 0.2) is 28.7 Å². The number of rotatable bonds is 3. The van der Waals surface area contributed by atoms with Crippen molar-refractivity contribution in [3.63, 3.8) is 0 Å². The molecule has 1 amide bonds. The van der Waals surface area contributed by atoms with Gasteiger partial charge in [-0.1, -0.05) is 12.1 Å². The summed E-state index contributed by atoms with van der Waals surface area (Å²) < 4.78 is 6.08. The number of halogens is 1. The number of carbonyl (C=O) groups excluding carboxylic acids is 1. The van der Waals surface area contributed by atoms with E-state index < -0.39 is 0 Å². The first kappa shape index (κ1) is 10.1. The van der Waals surface area contributed by atoms with Gasteiger partial charge in [-0.15, -0.1) is 0 Å². The van der Waals surface area contributed by atoms with Crippen molar-refractivity contribution in [1.82, 2.24) is 5.32 Å². The van der Waals surface area contributed by atoms with E-state index >= 15 is 0 Å². The van der Waals surface area contributed by atoms with E-state index in [9.17, 15) is 4.79 Å². The molecule has 3 nitrogen and oxygen atoms in total. The molecule has 0 aliphatic heterocycles. The summed E-state index contributed by atoms with van der Waals surface area (Å²) in [6, 6.07) is 7.40. The minimum Gasteiger partial charge on any atom is -0.483 e. The standard InChI is InChI=1S/C9H10BrNO2/c1-11-9(12)6-13-8-5-3-2-4-7(8)10/h2-5H,6H2,1H3,(H,11,12). The Kier molecular flexibility index (Phi) is 3.76. The maximum absolute atomic E-state index is 10.8. The summed E-state index contributed by atoms with van der Waals surface area (Å²) in [6.07, 6.45) is 0. The summed E-state index contributed by atoms with van der Waals surface area (Å²) in [5.41, 5.74) is 0. The molecule has 0 saturated carbocycles. The number of nitrogens with one attached hydrogen (secondary N) is 1. The average molecular weight is 244 g/mol. The van der Waals surface area contributed by atoms with Crippen molar-refractivity contribution in [3.05, 3.63) is 28.7 Å². The van der Waals surface area contributed by atoms with Crippen LogP contribution in [0.25, 0.3) is 0 Å². The van der Waals surface area contributed by atoms with E-state index in [1.807, 2.05) is 18.2 Å². The molecule has 0 fully saturated rings. The minimum atomic E-state index is -0.143. The largest absolute Gasteiger partial charge is 0.483 e. The second kappa shape index (κ2) is 4.87. The van der Waals surface area contributed by atoms with Crippen LogP contribution in [0.1, 0.15) is 0 Å². The zero-order chi connectivity index (χ0) is 9.68. The maximum atomic E-state index is 10.8. The van der Waals surface area contributed by atoms with Crippen LogP contribution in [-0.2, 0) is 4.79 Å². The molecule has 1 rings (SSSR count). The lowest BCUT2D eigenvalue weighted by atomic mass is 10.3. The second-order valence-corrected chi connectivity index (χ2v) is 3.25. The SMILES string of the molecule is CNC(=O)COc1ccccc1Br. The monoisotopic (exact) mass is 243 g/mol. The van der Waals surface area contributed by atoms with Gasteiger partial charge < -0.3 is 10.1 Å². The van der Waals surface area contributed by atoms with Crippen molar-refractivity contribution in [3.8, 4) is 5.75 Å². The Morgan fingerprint density at radius 1 is 1.54 bits per heavy atom. The Hall–Kier alpha value is -1.03. The molecular formula is C9H10BrNO2. The maximum Gasteiger partial charge on any atom is 0.257 e. The fourth-order valence-electron chi connectivity index (χ4n) is 0.777. The van der Waals surface area contributed by atoms with Gasteiger partial charge in [0.25, 0.3) is 5.91 Å². The highest BCUT2D eigenvalue weighted by Crippen LogP contribution is 2.23. The van der Waals surface area contributed by atoms with Crippen LogP contribution in [-0.4, -0.2) is 19.6 Å². The average Bonchev–Trinajstić information content (AvgIpc) is 2.16. The summed E-state index contributed by atoms with van der Waals surface area (Å²) in [4.78, 5) is 10.8. The van der Waals surface area contributed by atoms with E-state index in [4.69, 9.17) is 4.74 Å².